The van der Waals surface area contributed by atoms with Crippen molar-refractivity contribution in [2.75, 3.05) is 11.9 Å². The van der Waals surface area contributed by atoms with Crippen LogP contribution < -0.4 is 10.6 Å². The summed E-state index contributed by atoms with van der Waals surface area (Å²) in [4.78, 5) is 24.6. The Morgan fingerprint density at radius 2 is 1.73 bits per heavy atom. The molecule has 132 valence electrons. The lowest BCUT2D eigenvalue weighted by atomic mass is 10.1. The van der Waals surface area contributed by atoms with Crippen molar-refractivity contribution in [2.24, 2.45) is 0 Å². The summed E-state index contributed by atoms with van der Waals surface area (Å²) in [7, 11) is 0. The fourth-order valence-electron chi connectivity index (χ4n) is 2.31. The number of hydrogen-bond acceptors (Lipinski definition) is 5. The van der Waals surface area contributed by atoms with Gasteiger partial charge < -0.3 is 10.6 Å². The average Bonchev–Trinajstić information content (AvgIpc) is 2.69. The highest BCUT2D eigenvalue weighted by atomic mass is 35.5. The predicted molar refractivity (Wildman–Crippen MR) is 101 cm³/mol. The minimum absolute atomic E-state index is 0.245. The van der Waals surface area contributed by atoms with Crippen LogP contribution in [0.25, 0.3) is 0 Å². The van der Waals surface area contributed by atoms with Crippen LogP contribution in [0.15, 0.2) is 61.1 Å². The number of anilines is 1. The Labute approximate surface area is 156 Å². The smallest absolute Gasteiger partial charge is 0.270 e. The van der Waals surface area contributed by atoms with E-state index in [0.29, 0.717) is 24.7 Å². The molecule has 3 aromatic rings. The highest BCUT2D eigenvalue weighted by molar-refractivity contribution is 6.30. The zero-order chi connectivity index (χ0) is 18.2. The van der Waals surface area contributed by atoms with Gasteiger partial charge in [-0.25, -0.2) is 9.97 Å². The number of aromatic nitrogens is 3. The van der Waals surface area contributed by atoms with Gasteiger partial charge in [-0.05, 0) is 47.9 Å². The third-order valence-corrected chi connectivity index (χ3v) is 3.95. The van der Waals surface area contributed by atoms with E-state index in [0.717, 1.165) is 22.6 Å². The van der Waals surface area contributed by atoms with Crippen LogP contribution in [0, 0.1) is 0 Å². The average molecular weight is 368 g/mol. The van der Waals surface area contributed by atoms with Gasteiger partial charge >= 0.3 is 0 Å². The van der Waals surface area contributed by atoms with E-state index in [9.17, 15) is 4.79 Å². The standard InChI is InChI=1S/C19H18ClN5O/c20-16-3-1-14(2-4-16)7-11-22-19-23-12-8-17(25-19)18(26)24-13-15-5-9-21-10-6-15/h1-6,8-10,12H,7,11,13H2,(H,24,26)(H,22,23,25). The molecule has 0 saturated carbocycles. The molecule has 0 bridgehead atoms. The molecule has 0 aliphatic heterocycles. The molecule has 0 atom stereocenters. The number of hydrogen-bond donors (Lipinski definition) is 2. The lowest BCUT2D eigenvalue weighted by molar-refractivity contribution is 0.0946. The first-order valence-corrected chi connectivity index (χ1v) is 8.57. The topological polar surface area (TPSA) is 79.8 Å². The summed E-state index contributed by atoms with van der Waals surface area (Å²) in [6, 6.07) is 13.0. The van der Waals surface area contributed by atoms with Gasteiger partial charge in [-0.1, -0.05) is 23.7 Å². The summed E-state index contributed by atoms with van der Waals surface area (Å²) < 4.78 is 0. The molecular formula is C19H18ClN5O. The molecule has 1 amide bonds. The van der Waals surface area contributed by atoms with E-state index >= 15 is 0 Å². The van der Waals surface area contributed by atoms with Crippen LogP contribution in [0.2, 0.25) is 5.02 Å². The van der Waals surface area contributed by atoms with Gasteiger partial charge in [0.05, 0.1) is 0 Å². The minimum Gasteiger partial charge on any atom is -0.354 e. The third kappa shape index (κ3) is 5.26. The van der Waals surface area contributed by atoms with Crippen LogP contribution in [0.5, 0.6) is 0 Å². The van der Waals surface area contributed by atoms with Crippen LogP contribution >= 0.6 is 11.6 Å². The van der Waals surface area contributed by atoms with E-state index in [1.54, 1.807) is 24.7 Å². The van der Waals surface area contributed by atoms with Crippen molar-refractivity contribution >= 4 is 23.5 Å². The number of nitrogens with one attached hydrogen (secondary N) is 2. The maximum Gasteiger partial charge on any atom is 0.270 e. The number of carbonyl (C=O) groups excluding carboxylic acids is 1. The van der Waals surface area contributed by atoms with Gasteiger partial charge in [0.15, 0.2) is 0 Å². The van der Waals surface area contributed by atoms with Crippen molar-refractivity contribution in [3.8, 4) is 0 Å². The van der Waals surface area contributed by atoms with Crippen molar-refractivity contribution < 1.29 is 4.79 Å². The van der Waals surface area contributed by atoms with E-state index in [1.165, 1.54) is 0 Å². The Balaban J connectivity index is 1.52. The monoisotopic (exact) mass is 367 g/mol. The van der Waals surface area contributed by atoms with Gasteiger partial charge in [-0.2, -0.15) is 0 Å². The quantitative estimate of drug-likeness (QED) is 0.670. The van der Waals surface area contributed by atoms with E-state index in [4.69, 9.17) is 11.6 Å². The Bertz CT molecular complexity index is 855. The van der Waals surface area contributed by atoms with E-state index in [1.807, 2.05) is 36.4 Å². The summed E-state index contributed by atoms with van der Waals surface area (Å²) in [6.45, 7) is 1.08. The van der Waals surface area contributed by atoms with Crippen LogP contribution in [0.1, 0.15) is 21.6 Å². The molecule has 2 aromatic heterocycles. The second-order valence-electron chi connectivity index (χ2n) is 5.61. The minimum atomic E-state index is -0.245. The lowest BCUT2D eigenvalue weighted by Gasteiger charge is -2.08. The normalized spacial score (nSPS) is 10.3. The summed E-state index contributed by atoms with van der Waals surface area (Å²) in [5.41, 5.74) is 2.46. The molecule has 0 unspecified atom stereocenters. The van der Waals surface area contributed by atoms with Crippen LogP contribution in [0.4, 0.5) is 5.95 Å². The molecule has 0 saturated heterocycles. The number of amides is 1. The second kappa shape index (κ2) is 8.92. The highest BCUT2D eigenvalue weighted by Crippen LogP contribution is 2.10. The Kier molecular flexibility index (Phi) is 6.11. The first-order valence-electron chi connectivity index (χ1n) is 8.19. The van der Waals surface area contributed by atoms with Crippen molar-refractivity contribution in [1.29, 1.82) is 0 Å². The second-order valence-corrected chi connectivity index (χ2v) is 6.04. The molecule has 6 nitrogen and oxygen atoms in total. The summed E-state index contributed by atoms with van der Waals surface area (Å²) in [6.07, 6.45) is 5.75. The van der Waals surface area contributed by atoms with E-state index in [2.05, 4.69) is 25.6 Å². The van der Waals surface area contributed by atoms with E-state index in [-0.39, 0.29) is 5.91 Å². The number of carbonyl (C=O) groups is 1. The van der Waals surface area contributed by atoms with Crippen molar-refractivity contribution in [1.82, 2.24) is 20.3 Å². The van der Waals surface area contributed by atoms with Crippen molar-refractivity contribution in [3.63, 3.8) is 0 Å². The SMILES string of the molecule is O=C(NCc1ccncc1)c1ccnc(NCCc2ccc(Cl)cc2)n1. The van der Waals surface area contributed by atoms with Gasteiger partial charge in [-0.15, -0.1) is 0 Å². The largest absolute Gasteiger partial charge is 0.354 e. The number of nitrogens with zero attached hydrogens (tertiary/aromatic N) is 3. The zero-order valence-electron chi connectivity index (χ0n) is 14.0. The Morgan fingerprint density at radius 3 is 2.50 bits per heavy atom. The van der Waals surface area contributed by atoms with Crippen LogP contribution in [-0.4, -0.2) is 27.4 Å². The summed E-state index contributed by atoms with van der Waals surface area (Å²) in [5, 5.41) is 6.68. The molecule has 0 spiro atoms. The molecular weight excluding hydrogens is 350 g/mol. The summed E-state index contributed by atoms with van der Waals surface area (Å²) >= 11 is 5.88. The Hall–Kier alpha value is -2.99. The molecule has 26 heavy (non-hydrogen) atoms. The lowest BCUT2D eigenvalue weighted by Crippen LogP contribution is -2.24. The molecule has 0 fully saturated rings. The maximum absolute atomic E-state index is 12.2. The third-order valence-electron chi connectivity index (χ3n) is 3.70. The number of rotatable bonds is 7. The first kappa shape index (κ1) is 17.8. The van der Waals surface area contributed by atoms with Gasteiger partial charge in [0.25, 0.3) is 5.91 Å². The fourth-order valence-corrected chi connectivity index (χ4v) is 2.44. The molecule has 2 heterocycles. The molecule has 7 heteroatoms. The maximum atomic E-state index is 12.2. The van der Waals surface area contributed by atoms with Crippen molar-refractivity contribution in [3.05, 3.63) is 82.9 Å². The molecule has 0 aliphatic carbocycles. The molecule has 0 radical (unpaired) electrons. The van der Waals surface area contributed by atoms with Gasteiger partial charge in [0.1, 0.15) is 5.69 Å². The number of benzene rings is 1. The predicted octanol–water partition coefficient (Wildman–Crippen LogP) is 3.11. The number of pyridine rings is 1. The van der Waals surface area contributed by atoms with Gasteiger partial charge in [0, 0.05) is 36.7 Å². The Morgan fingerprint density at radius 1 is 0.962 bits per heavy atom. The van der Waals surface area contributed by atoms with E-state index < -0.39 is 0 Å². The van der Waals surface area contributed by atoms with Crippen LogP contribution in [-0.2, 0) is 13.0 Å². The molecule has 2 N–H and O–H groups in total. The van der Waals surface area contributed by atoms with Gasteiger partial charge in [0.2, 0.25) is 5.95 Å². The number of halogens is 1. The first-order chi connectivity index (χ1) is 12.7. The molecule has 0 aliphatic rings. The fraction of sp³-hybridized carbons (Fsp3) is 0.158. The van der Waals surface area contributed by atoms with Crippen LogP contribution in [0.3, 0.4) is 0 Å². The summed E-state index contributed by atoms with van der Waals surface area (Å²) in [5.74, 6) is 0.181. The van der Waals surface area contributed by atoms with Crippen molar-refractivity contribution in [2.45, 2.75) is 13.0 Å². The van der Waals surface area contributed by atoms with Gasteiger partial charge in [-0.3, -0.25) is 9.78 Å². The molecule has 1 aromatic carbocycles. The molecule has 3 rings (SSSR count). The zero-order valence-corrected chi connectivity index (χ0v) is 14.8. The highest BCUT2D eigenvalue weighted by Gasteiger charge is 2.08.